The molecule has 1 aliphatic rings. The van der Waals surface area contributed by atoms with E-state index in [2.05, 4.69) is 10.0 Å². The van der Waals surface area contributed by atoms with E-state index >= 15 is 0 Å². The SMILES string of the molecule is Cc1ccc(C(=O)O)cc1S(=O)(=O)NCCN[C@@H]1CS(=O)(=O)C[C@@H]1O. The maximum atomic E-state index is 12.3. The lowest BCUT2D eigenvalue weighted by molar-refractivity contribution is 0.0696. The van der Waals surface area contributed by atoms with Crippen LogP contribution in [-0.4, -0.2) is 69.8 Å². The number of nitrogens with one attached hydrogen (secondary N) is 2. The van der Waals surface area contributed by atoms with E-state index in [9.17, 15) is 26.7 Å². The number of hydrogen-bond donors (Lipinski definition) is 4. The molecule has 2 atom stereocenters. The second-order valence-corrected chi connectivity index (χ2v) is 9.78. The van der Waals surface area contributed by atoms with Gasteiger partial charge in [0.2, 0.25) is 10.0 Å². The highest BCUT2D eigenvalue weighted by atomic mass is 32.2. The van der Waals surface area contributed by atoms with Crippen LogP contribution in [0.5, 0.6) is 0 Å². The first-order chi connectivity index (χ1) is 11.5. The molecule has 0 aliphatic carbocycles. The van der Waals surface area contributed by atoms with Gasteiger partial charge < -0.3 is 15.5 Å². The summed E-state index contributed by atoms with van der Waals surface area (Å²) in [6.45, 7) is 1.63. The summed E-state index contributed by atoms with van der Waals surface area (Å²) < 4.78 is 49.7. The number of sulfonamides is 1. The Hall–Kier alpha value is -1.53. The van der Waals surface area contributed by atoms with E-state index in [1.807, 2.05) is 0 Å². The lowest BCUT2D eigenvalue weighted by Gasteiger charge is -2.15. The molecule has 1 aromatic carbocycles. The van der Waals surface area contributed by atoms with E-state index in [0.717, 1.165) is 6.07 Å². The molecule has 0 radical (unpaired) electrons. The second kappa shape index (κ2) is 7.38. The van der Waals surface area contributed by atoms with Crippen LogP contribution in [-0.2, 0) is 19.9 Å². The van der Waals surface area contributed by atoms with Gasteiger partial charge >= 0.3 is 5.97 Å². The molecule has 11 heteroatoms. The zero-order chi connectivity index (χ0) is 18.8. The topological polar surface area (TPSA) is 150 Å². The van der Waals surface area contributed by atoms with Crippen molar-refractivity contribution in [2.75, 3.05) is 24.6 Å². The minimum Gasteiger partial charge on any atom is -0.478 e. The summed E-state index contributed by atoms with van der Waals surface area (Å²) in [5.74, 6) is -1.73. The van der Waals surface area contributed by atoms with Gasteiger partial charge in [0, 0.05) is 19.1 Å². The summed E-state index contributed by atoms with van der Waals surface area (Å²) in [5, 5.41) is 21.4. The van der Waals surface area contributed by atoms with E-state index in [-0.39, 0.29) is 35.1 Å². The summed E-state index contributed by atoms with van der Waals surface area (Å²) in [7, 11) is -7.19. The number of aliphatic hydroxyl groups excluding tert-OH is 1. The molecule has 1 aromatic rings. The Kier molecular flexibility index (Phi) is 5.84. The molecule has 0 aromatic heterocycles. The highest BCUT2D eigenvalue weighted by molar-refractivity contribution is 7.91. The van der Waals surface area contributed by atoms with Gasteiger partial charge in [-0.3, -0.25) is 0 Å². The first kappa shape index (κ1) is 19.8. The molecule has 4 N–H and O–H groups in total. The largest absolute Gasteiger partial charge is 0.478 e. The fourth-order valence-electron chi connectivity index (χ4n) is 2.57. The van der Waals surface area contributed by atoms with E-state index in [4.69, 9.17) is 5.11 Å². The molecule has 1 fully saturated rings. The predicted molar refractivity (Wildman–Crippen MR) is 89.8 cm³/mol. The van der Waals surface area contributed by atoms with E-state index in [1.165, 1.54) is 12.1 Å². The van der Waals surface area contributed by atoms with Gasteiger partial charge in [0.05, 0.1) is 28.1 Å². The highest BCUT2D eigenvalue weighted by Gasteiger charge is 2.35. The number of sulfone groups is 1. The maximum absolute atomic E-state index is 12.3. The Morgan fingerprint density at radius 3 is 2.52 bits per heavy atom. The molecular weight excluding hydrogens is 372 g/mol. The number of benzene rings is 1. The second-order valence-electron chi connectivity index (χ2n) is 5.89. The molecule has 1 aliphatic heterocycles. The Balaban J connectivity index is 1.96. The quantitative estimate of drug-likeness (QED) is 0.419. The molecule has 2 rings (SSSR count). The average molecular weight is 392 g/mol. The molecule has 1 saturated heterocycles. The van der Waals surface area contributed by atoms with Gasteiger partial charge in [0.15, 0.2) is 9.84 Å². The summed E-state index contributed by atoms with van der Waals surface area (Å²) in [4.78, 5) is 10.9. The van der Waals surface area contributed by atoms with Crippen molar-refractivity contribution in [1.82, 2.24) is 10.0 Å². The fraction of sp³-hybridized carbons (Fsp3) is 0.500. The molecule has 1 heterocycles. The molecule has 0 bridgehead atoms. The van der Waals surface area contributed by atoms with Crippen molar-refractivity contribution in [2.45, 2.75) is 24.0 Å². The van der Waals surface area contributed by atoms with Crippen LogP contribution in [0.4, 0.5) is 0 Å². The minimum atomic E-state index is -3.91. The Labute approximate surface area is 146 Å². The van der Waals surface area contributed by atoms with Crippen LogP contribution in [0.3, 0.4) is 0 Å². The summed E-state index contributed by atoms with van der Waals surface area (Å²) in [5.41, 5.74) is 0.270. The monoisotopic (exact) mass is 392 g/mol. The van der Waals surface area contributed by atoms with Gasteiger partial charge in [-0.1, -0.05) is 6.07 Å². The minimum absolute atomic E-state index is 0.0393. The molecule has 0 unspecified atom stereocenters. The van der Waals surface area contributed by atoms with Gasteiger partial charge in [-0.25, -0.2) is 26.4 Å². The lowest BCUT2D eigenvalue weighted by Crippen LogP contribution is -2.42. The number of hydrogen-bond acceptors (Lipinski definition) is 7. The third kappa shape index (κ3) is 4.98. The van der Waals surface area contributed by atoms with Gasteiger partial charge in [-0.15, -0.1) is 0 Å². The number of rotatable bonds is 7. The van der Waals surface area contributed by atoms with Crippen LogP contribution >= 0.6 is 0 Å². The van der Waals surface area contributed by atoms with Crippen molar-refractivity contribution in [3.8, 4) is 0 Å². The Morgan fingerprint density at radius 2 is 1.96 bits per heavy atom. The predicted octanol–water partition coefficient (Wildman–Crippen LogP) is -1.28. The molecule has 9 nitrogen and oxygen atoms in total. The van der Waals surface area contributed by atoms with Crippen molar-refractivity contribution in [3.05, 3.63) is 29.3 Å². The zero-order valence-corrected chi connectivity index (χ0v) is 15.1. The number of carboxylic acids is 1. The van der Waals surface area contributed by atoms with E-state index in [1.54, 1.807) is 6.92 Å². The Morgan fingerprint density at radius 1 is 1.28 bits per heavy atom. The molecule has 140 valence electrons. The van der Waals surface area contributed by atoms with Gasteiger partial charge in [-0.2, -0.15) is 0 Å². The number of aromatic carboxylic acids is 1. The van der Waals surface area contributed by atoms with Crippen LogP contribution in [0, 0.1) is 6.92 Å². The maximum Gasteiger partial charge on any atom is 0.335 e. The first-order valence-electron chi connectivity index (χ1n) is 7.47. The van der Waals surface area contributed by atoms with Crippen LogP contribution in [0.15, 0.2) is 23.1 Å². The number of aryl methyl sites for hydroxylation is 1. The van der Waals surface area contributed by atoms with Crippen molar-refractivity contribution in [1.29, 1.82) is 0 Å². The van der Waals surface area contributed by atoms with Gasteiger partial charge in [-0.05, 0) is 24.6 Å². The first-order valence-corrected chi connectivity index (χ1v) is 10.8. The third-order valence-electron chi connectivity index (χ3n) is 3.87. The summed E-state index contributed by atoms with van der Waals surface area (Å²) in [6, 6.07) is 3.18. The molecule has 0 amide bonds. The van der Waals surface area contributed by atoms with Crippen molar-refractivity contribution in [2.24, 2.45) is 0 Å². The smallest absolute Gasteiger partial charge is 0.335 e. The van der Waals surface area contributed by atoms with Crippen molar-refractivity contribution >= 4 is 25.8 Å². The normalized spacial score (nSPS) is 22.8. The summed E-state index contributed by atoms with van der Waals surface area (Å²) >= 11 is 0. The average Bonchev–Trinajstić information content (AvgIpc) is 2.76. The molecule has 0 saturated carbocycles. The zero-order valence-electron chi connectivity index (χ0n) is 13.5. The molecular formula is C14H20N2O7S2. The fourth-order valence-corrected chi connectivity index (χ4v) is 5.64. The number of aliphatic hydroxyl groups is 1. The Bertz CT molecular complexity index is 865. The molecule has 25 heavy (non-hydrogen) atoms. The van der Waals surface area contributed by atoms with Gasteiger partial charge in [0.1, 0.15) is 0 Å². The molecule has 0 spiro atoms. The number of carboxylic acid groups (broad SMARTS) is 1. The van der Waals surface area contributed by atoms with Crippen LogP contribution in [0.2, 0.25) is 0 Å². The lowest BCUT2D eigenvalue weighted by atomic mass is 10.1. The van der Waals surface area contributed by atoms with E-state index < -0.39 is 38.0 Å². The standard InChI is InChI=1S/C14H20N2O7S2/c1-9-2-3-10(14(18)19)6-13(9)25(22,23)16-5-4-15-11-7-24(20,21)8-12(11)17/h2-3,6,11-12,15-17H,4-5,7-8H2,1H3,(H,18,19)/t11-,12+/m1/s1. The van der Waals surface area contributed by atoms with Crippen LogP contribution < -0.4 is 10.0 Å². The number of carbonyl (C=O) groups is 1. The highest BCUT2D eigenvalue weighted by Crippen LogP contribution is 2.17. The van der Waals surface area contributed by atoms with Crippen molar-refractivity contribution in [3.63, 3.8) is 0 Å². The third-order valence-corrected chi connectivity index (χ3v) is 7.19. The van der Waals surface area contributed by atoms with E-state index in [0.29, 0.717) is 5.56 Å². The van der Waals surface area contributed by atoms with Crippen molar-refractivity contribution < 1.29 is 31.8 Å². The van der Waals surface area contributed by atoms with Gasteiger partial charge in [0.25, 0.3) is 0 Å². The van der Waals surface area contributed by atoms with Crippen LogP contribution in [0.1, 0.15) is 15.9 Å². The summed E-state index contributed by atoms with van der Waals surface area (Å²) in [6.07, 6.45) is -1.02. The van der Waals surface area contributed by atoms with Crippen LogP contribution in [0.25, 0.3) is 0 Å².